The minimum absolute atomic E-state index is 0.0128. The summed E-state index contributed by atoms with van der Waals surface area (Å²) in [5, 5.41) is 16.3. The van der Waals surface area contributed by atoms with Gasteiger partial charge in [0.15, 0.2) is 49.5 Å². The average Bonchev–Trinajstić information content (AvgIpc) is 1.73. The number of nitrogens with zero attached hydrogens (tertiary/aromatic N) is 8. The molecule has 24 heteroatoms. The number of ether oxygens (including phenoxy) is 8. The van der Waals surface area contributed by atoms with Crippen LogP contribution in [0.3, 0.4) is 0 Å². The van der Waals surface area contributed by atoms with E-state index in [2.05, 4.69) is 131 Å². The van der Waals surface area contributed by atoms with Gasteiger partial charge in [-0.3, -0.25) is 0 Å². The van der Waals surface area contributed by atoms with Crippen LogP contribution in [0.4, 0.5) is 0 Å². The van der Waals surface area contributed by atoms with Crippen LogP contribution in [0.15, 0.2) is 322 Å². The van der Waals surface area contributed by atoms with E-state index in [1.54, 1.807) is 72.8 Å². The largest absolute Gasteiger partial charge is 0.454 e. The van der Waals surface area contributed by atoms with Crippen molar-refractivity contribution in [1.82, 2.24) is 40.6 Å². The van der Waals surface area contributed by atoms with Crippen molar-refractivity contribution in [2.75, 3.05) is 0 Å². The number of hydrogen-bond acceptors (Lipinski definition) is 24. The Morgan fingerprint density at radius 2 is 0.569 bits per heavy atom. The van der Waals surface area contributed by atoms with E-state index in [0.717, 1.165) is 51.9 Å². The van der Waals surface area contributed by atoms with Gasteiger partial charge in [0.1, 0.15) is 45.8 Å². The Labute approximate surface area is 710 Å². The van der Waals surface area contributed by atoms with Gasteiger partial charge >= 0.3 is 23.9 Å². The lowest BCUT2D eigenvalue weighted by Gasteiger charge is -2.18. The molecule has 24 nitrogen and oxygen atoms in total. The van der Waals surface area contributed by atoms with Crippen LogP contribution >= 0.6 is 0 Å². The summed E-state index contributed by atoms with van der Waals surface area (Å²) in [4.78, 5) is 65.8. The fourth-order valence-electron chi connectivity index (χ4n) is 12.2. The van der Waals surface area contributed by atoms with E-state index in [1.807, 2.05) is 172 Å². The molecular weight excluding hydrogens is 1560 g/mol. The molecule has 618 valence electrons. The number of aryl methyl sites for hydroxylation is 5. The first-order chi connectivity index (χ1) is 59.8. The molecule has 0 N–H and O–H groups in total. The molecular formula is C99H86N8O16. The van der Waals surface area contributed by atoms with Gasteiger partial charge in [0.25, 0.3) is 0 Å². The van der Waals surface area contributed by atoms with Crippen LogP contribution in [-0.2, 0) is 63.6 Å². The van der Waals surface area contributed by atoms with Gasteiger partial charge in [-0.1, -0.05) is 219 Å². The molecule has 0 aliphatic carbocycles. The van der Waals surface area contributed by atoms with E-state index in [-0.39, 0.29) is 31.8 Å². The number of benzene rings is 8. The summed E-state index contributed by atoms with van der Waals surface area (Å²) in [6, 6.07) is 85.9. The lowest BCUT2D eigenvalue weighted by atomic mass is 9.86. The molecule has 0 atom stereocenters. The molecule has 16 rings (SSSR count). The first kappa shape index (κ1) is 85.2. The van der Waals surface area contributed by atoms with Gasteiger partial charge in [-0.2, -0.15) is 0 Å². The molecule has 0 aliphatic rings. The van der Waals surface area contributed by atoms with Crippen molar-refractivity contribution in [3.63, 3.8) is 0 Å². The third-order valence-electron chi connectivity index (χ3n) is 18.7. The maximum Gasteiger partial charge on any atom is 0.340 e. The Morgan fingerprint density at radius 3 is 0.821 bits per heavy atom. The van der Waals surface area contributed by atoms with Crippen molar-refractivity contribution < 1.29 is 75.2 Å². The van der Waals surface area contributed by atoms with Gasteiger partial charge in [-0.25, -0.2) is 39.1 Å². The summed E-state index contributed by atoms with van der Waals surface area (Å²) in [5.41, 5.74) is 15.3. The van der Waals surface area contributed by atoms with Gasteiger partial charge in [0, 0.05) is 95.6 Å². The fraction of sp³-hybridized carbons (Fsp3) is 0.152. The number of carbonyl (C=O) groups is 4. The SMILES string of the molecule is CC(C)(C)c1ccc(-c2cc(COC(=O)c3ccc(Oc4ccccc4)nc3)on2)cc1.CCc1ccc(-c2cc(COC(=O)c3ccc(Oc4ccccc4)nc3)on2)cc1.CCc1ccc(-c2cc(COC(=O)c3ccc(Oc4ccccc4)nc3)on2)cc1.Cc1cc(C)c(-c2cc(COC(=O)c3ccc(Oc4ccccc4)nc3)on2)c(C)c1. The van der Waals surface area contributed by atoms with Gasteiger partial charge in [0.2, 0.25) is 23.5 Å². The zero-order valence-corrected chi connectivity index (χ0v) is 68.7. The average molecular weight is 1640 g/mol. The van der Waals surface area contributed by atoms with Gasteiger partial charge in [-0.15, -0.1) is 0 Å². The van der Waals surface area contributed by atoms with Gasteiger partial charge in [0.05, 0.1) is 22.3 Å². The van der Waals surface area contributed by atoms with E-state index < -0.39 is 23.9 Å². The van der Waals surface area contributed by atoms with Crippen molar-refractivity contribution >= 4 is 23.9 Å². The summed E-state index contributed by atoms with van der Waals surface area (Å²) in [6.07, 6.45) is 7.64. The van der Waals surface area contributed by atoms with Crippen LogP contribution in [-0.4, -0.2) is 64.4 Å². The van der Waals surface area contributed by atoms with E-state index in [0.29, 0.717) is 109 Å². The number of aromatic nitrogens is 8. The first-order valence-electron chi connectivity index (χ1n) is 39.4. The summed E-state index contributed by atoms with van der Waals surface area (Å²) in [7, 11) is 0. The lowest BCUT2D eigenvalue weighted by molar-refractivity contribution is 0.0429. The Bertz CT molecular complexity index is 5880. The van der Waals surface area contributed by atoms with Crippen LogP contribution in [0.25, 0.3) is 45.0 Å². The maximum atomic E-state index is 12.3. The predicted molar refractivity (Wildman–Crippen MR) is 459 cm³/mol. The molecule has 0 radical (unpaired) electrons. The van der Waals surface area contributed by atoms with Crippen molar-refractivity contribution in [1.29, 1.82) is 0 Å². The van der Waals surface area contributed by atoms with Crippen LogP contribution in [0.1, 0.15) is 132 Å². The van der Waals surface area contributed by atoms with Gasteiger partial charge in [-0.05, 0) is 140 Å². The van der Waals surface area contributed by atoms with Crippen LogP contribution in [0, 0.1) is 20.8 Å². The lowest BCUT2D eigenvalue weighted by Crippen LogP contribution is -2.10. The Morgan fingerprint density at radius 1 is 0.309 bits per heavy atom. The summed E-state index contributed by atoms with van der Waals surface area (Å²) >= 11 is 0. The van der Waals surface area contributed by atoms with Crippen LogP contribution in [0.5, 0.6) is 46.5 Å². The van der Waals surface area contributed by atoms with Crippen molar-refractivity contribution in [2.24, 2.45) is 0 Å². The minimum atomic E-state index is -0.503. The highest BCUT2D eigenvalue weighted by atomic mass is 16.6. The number of carbonyl (C=O) groups excluding carboxylic acids is 4. The molecule has 16 aromatic rings. The van der Waals surface area contributed by atoms with Crippen LogP contribution in [0.2, 0.25) is 0 Å². The summed E-state index contributed by atoms with van der Waals surface area (Å²) < 4.78 is 65.0. The zero-order chi connectivity index (χ0) is 85.9. The van der Waals surface area contributed by atoms with E-state index in [9.17, 15) is 19.2 Å². The second kappa shape index (κ2) is 41.6. The molecule has 0 spiro atoms. The van der Waals surface area contributed by atoms with E-state index in [4.69, 9.17) is 56.0 Å². The molecule has 0 aliphatic heterocycles. The Hall–Kier alpha value is -15.7. The van der Waals surface area contributed by atoms with E-state index in [1.165, 1.54) is 47.0 Å². The fourth-order valence-corrected chi connectivity index (χ4v) is 12.2. The Balaban J connectivity index is 0.000000141. The highest BCUT2D eigenvalue weighted by Gasteiger charge is 2.21. The molecule has 8 aromatic heterocycles. The number of para-hydroxylation sites is 4. The van der Waals surface area contributed by atoms with Crippen LogP contribution < -0.4 is 18.9 Å². The molecule has 0 bridgehead atoms. The van der Waals surface area contributed by atoms with Crippen molar-refractivity contribution in [2.45, 2.75) is 100 Å². The second-order valence-electron chi connectivity index (χ2n) is 28.9. The molecule has 8 heterocycles. The smallest absolute Gasteiger partial charge is 0.340 e. The summed E-state index contributed by atoms with van der Waals surface area (Å²) in [6.45, 7) is 16.8. The minimum Gasteiger partial charge on any atom is -0.454 e. The van der Waals surface area contributed by atoms with Gasteiger partial charge < -0.3 is 56.0 Å². The number of esters is 4. The third kappa shape index (κ3) is 24.7. The molecule has 0 fully saturated rings. The monoisotopic (exact) mass is 1640 g/mol. The number of rotatable bonds is 26. The second-order valence-corrected chi connectivity index (χ2v) is 28.9. The molecule has 0 amide bonds. The number of pyridine rings is 4. The topological polar surface area (TPSA) is 298 Å². The normalized spacial score (nSPS) is 10.8. The highest BCUT2D eigenvalue weighted by Crippen LogP contribution is 2.32. The van der Waals surface area contributed by atoms with Crippen molar-refractivity contribution in [3.8, 4) is 91.5 Å². The van der Waals surface area contributed by atoms with E-state index >= 15 is 0 Å². The first-order valence-corrected chi connectivity index (χ1v) is 39.4. The molecule has 8 aromatic carbocycles. The Kier molecular flexibility index (Phi) is 28.8. The molecule has 123 heavy (non-hydrogen) atoms. The zero-order valence-electron chi connectivity index (χ0n) is 68.7. The predicted octanol–water partition coefficient (Wildman–Crippen LogP) is 22.9. The number of hydrogen-bond donors (Lipinski definition) is 0. The highest BCUT2D eigenvalue weighted by molar-refractivity contribution is 5.91. The summed E-state index contributed by atoms with van der Waals surface area (Å²) in [5.74, 6) is 4.13. The molecule has 0 saturated heterocycles. The quantitative estimate of drug-likeness (QED) is 0.0359. The standard InChI is InChI=1S/C26H24N2O4.C25H22N2O4.2C24H20N2O4/c1-26(2,3)20-12-9-18(10-13-20)23-15-22(32-28-23)17-30-25(29)19-11-14-24(27-16-19)31-21-7-5-4-6-8-21;1-16-11-17(2)24(18(3)12-16)22-13-21(31-27-22)15-29-25(28)19-9-10-23(26-14-19)30-20-7-5-4-6-8-20;2*1-2-17-8-10-18(11-9-17)22-14-21(30-26-22)16-28-24(27)19-12-13-23(25-15-19)29-20-6-4-3-5-7-20/h4-16H,17H2,1-3H3;4-14H,15H2,1-3H3;2*3-15H,2,16H2,1H3. The molecule has 0 saturated carbocycles. The third-order valence-corrected chi connectivity index (χ3v) is 18.7. The van der Waals surface area contributed by atoms with Crippen molar-refractivity contribution in [3.05, 3.63) is 383 Å². The molecule has 0 unspecified atom stereocenters. The maximum absolute atomic E-state index is 12.3.